The molecular formula is C14H20FNO. The highest BCUT2D eigenvalue weighted by Gasteiger charge is 2.21. The second-order valence-electron chi connectivity index (χ2n) is 4.88. The molecule has 0 heterocycles. The van der Waals surface area contributed by atoms with E-state index in [2.05, 4.69) is 0 Å². The van der Waals surface area contributed by atoms with Crippen molar-refractivity contribution in [3.05, 3.63) is 29.6 Å². The minimum absolute atomic E-state index is 0.122. The molecule has 2 nitrogen and oxygen atoms in total. The van der Waals surface area contributed by atoms with Gasteiger partial charge in [0, 0.05) is 11.6 Å². The first-order valence-electron chi connectivity index (χ1n) is 6.29. The number of rotatable bonds is 4. The smallest absolute Gasteiger partial charge is 0.123 e. The third-order valence-corrected chi connectivity index (χ3v) is 3.65. The molecule has 0 saturated heterocycles. The Hall–Kier alpha value is -1.09. The molecule has 1 unspecified atom stereocenters. The first-order chi connectivity index (χ1) is 8.20. The van der Waals surface area contributed by atoms with Crippen LogP contribution in [0.15, 0.2) is 18.2 Å². The average Bonchev–Trinajstić information content (AvgIpc) is 2.81. The summed E-state index contributed by atoms with van der Waals surface area (Å²) in [5, 5.41) is 0. The maximum absolute atomic E-state index is 13.2. The van der Waals surface area contributed by atoms with E-state index in [0.717, 1.165) is 12.0 Å². The van der Waals surface area contributed by atoms with Crippen LogP contribution in [-0.2, 0) is 0 Å². The van der Waals surface area contributed by atoms with E-state index in [1.807, 2.05) is 0 Å². The van der Waals surface area contributed by atoms with Crippen molar-refractivity contribution in [2.45, 2.75) is 38.1 Å². The zero-order chi connectivity index (χ0) is 12.3. The SMILES string of the molecule is COc1ccc(F)cc1C(N)CC1CCCC1. The Balaban J connectivity index is 2.11. The van der Waals surface area contributed by atoms with Gasteiger partial charge in [-0.2, -0.15) is 0 Å². The highest BCUT2D eigenvalue weighted by atomic mass is 19.1. The van der Waals surface area contributed by atoms with Crippen LogP contribution in [0.3, 0.4) is 0 Å². The van der Waals surface area contributed by atoms with Crippen molar-refractivity contribution in [1.82, 2.24) is 0 Å². The topological polar surface area (TPSA) is 35.2 Å². The molecular weight excluding hydrogens is 217 g/mol. The van der Waals surface area contributed by atoms with Crippen LogP contribution in [0.4, 0.5) is 4.39 Å². The van der Waals surface area contributed by atoms with E-state index in [-0.39, 0.29) is 11.9 Å². The Bertz CT molecular complexity index is 374. The Morgan fingerprint density at radius 1 is 1.41 bits per heavy atom. The third kappa shape index (κ3) is 2.97. The van der Waals surface area contributed by atoms with Crippen LogP contribution in [0.2, 0.25) is 0 Å². The summed E-state index contributed by atoms with van der Waals surface area (Å²) >= 11 is 0. The highest BCUT2D eigenvalue weighted by Crippen LogP contribution is 2.34. The first-order valence-corrected chi connectivity index (χ1v) is 6.29. The Kier molecular flexibility index (Phi) is 4.00. The van der Waals surface area contributed by atoms with Gasteiger partial charge in [0.1, 0.15) is 11.6 Å². The fourth-order valence-corrected chi connectivity index (χ4v) is 2.73. The van der Waals surface area contributed by atoms with Gasteiger partial charge in [-0.15, -0.1) is 0 Å². The van der Waals surface area contributed by atoms with Crippen molar-refractivity contribution in [3.63, 3.8) is 0 Å². The monoisotopic (exact) mass is 237 g/mol. The maximum Gasteiger partial charge on any atom is 0.123 e. The largest absolute Gasteiger partial charge is 0.496 e. The van der Waals surface area contributed by atoms with Gasteiger partial charge in [0.2, 0.25) is 0 Å². The highest BCUT2D eigenvalue weighted by molar-refractivity contribution is 5.36. The minimum atomic E-state index is -0.248. The van der Waals surface area contributed by atoms with Gasteiger partial charge in [0.25, 0.3) is 0 Å². The molecule has 17 heavy (non-hydrogen) atoms. The summed E-state index contributed by atoms with van der Waals surface area (Å²) in [6.07, 6.45) is 6.05. The van der Waals surface area contributed by atoms with E-state index in [1.54, 1.807) is 13.2 Å². The van der Waals surface area contributed by atoms with E-state index >= 15 is 0 Å². The molecule has 1 fully saturated rings. The second kappa shape index (κ2) is 5.50. The van der Waals surface area contributed by atoms with E-state index in [1.165, 1.54) is 37.8 Å². The third-order valence-electron chi connectivity index (χ3n) is 3.65. The molecule has 1 aliphatic rings. The van der Waals surface area contributed by atoms with Gasteiger partial charge in [-0.3, -0.25) is 0 Å². The molecule has 1 aromatic rings. The Labute approximate surface area is 102 Å². The number of methoxy groups -OCH3 is 1. The standard InChI is InChI=1S/C14H20FNO/c1-17-14-7-6-11(15)9-12(14)13(16)8-10-4-2-3-5-10/h6-7,9-10,13H,2-5,8,16H2,1H3. The Morgan fingerprint density at radius 3 is 2.76 bits per heavy atom. The van der Waals surface area contributed by atoms with Crippen LogP contribution < -0.4 is 10.5 Å². The molecule has 0 spiro atoms. The van der Waals surface area contributed by atoms with E-state index < -0.39 is 0 Å². The number of hydrogen-bond acceptors (Lipinski definition) is 2. The summed E-state index contributed by atoms with van der Waals surface area (Å²) in [6, 6.07) is 4.44. The van der Waals surface area contributed by atoms with Crippen LogP contribution >= 0.6 is 0 Å². The number of halogens is 1. The number of ether oxygens (including phenoxy) is 1. The fourth-order valence-electron chi connectivity index (χ4n) is 2.73. The zero-order valence-corrected chi connectivity index (χ0v) is 10.3. The summed E-state index contributed by atoms with van der Waals surface area (Å²) in [5.41, 5.74) is 6.96. The molecule has 1 aromatic carbocycles. The van der Waals surface area contributed by atoms with Crippen LogP contribution in [0.1, 0.15) is 43.7 Å². The zero-order valence-electron chi connectivity index (χ0n) is 10.3. The predicted octanol–water partition coefficient (Wildman–Crippen LogP) is 3.41. The van der Waals surface area contributed by atoms with Gasteiger partial charge >= 0.3 is 0 Å². The number of nitrogens with two attached hydrogens (primary N) is 1. The predicted molar refractivity (Wildman–Crippen MR) is 66.5 cm³/mol. The normalized spacial score (nSPS) is 18.3. The lowest BCUT2D eigenvalue weighted by Crippen LogP contribution is -2.15. The summed E-state index contributed by atoms with van der Waals surface area (Å²) in [5.74, 6) is 1.14. The lowest BCUT2D eigenvalue weighted by Gasteiger charge is -2.19. The molecule has 0 aliphatic heterocycles. The molecule has 94 valence electrons. The molecule has 2 rings (SSSR count). The quantitative estimate of drug-likeness (QED) is 0.871. The average molecular weight is 237 g/mol. The lowest BCUT2D eigenvalue weighted by atomic mass is 9.93. The van der Waals surface area contributed by atoms with Gasteiger partial charge in [-0.05, 0) is 30.5 Å². The molecule has 0 bridgehead atoms. The molecule has 0 radical (unpaired) electrons. The molecule has 0 aromatic heterocycles. The molecule has 1 aliphatic carbocycles. The minimum Gasteiger partial charge on any atom is -0.496 e. The number of hydrogen-bond donors (Lipinski definition) is 1. The summed E-state index contributed by atoms with van der Waals surface area (Å²) in [6.45, 7) is 0. The van der Waals surface area contributed by atoms with Gasteiger partial charge in [0.15, 0.2) is 0 Å². The molecule has 1 atom stereocenters. The maximum atomic E-state index is 13.2. The fraction of sp³-hybridized carbons (Fsp3) is 0.571. The van der Waals surface area contributed by atoms with Crippen molar-refractivity contribution >= 4 is 0 Å². The summed E-state index contributed by atoms with van der Waals surface area (Å²) < 4.78 is 18.5. The Morgan fingerprint density at radius 2 is 2.12 bits per heavy atom. The van der Waals surface area contributed by atoms with Crippen molar-refractivity contribution < 1.29 is 9.13 Å². The molecule has 1 saturated carbocycles. The van der Waals surface area contributed by atoms with Crippen LogP contribution in [0.25, 0.3) is 0 Å². The summed E-state index contributed by atoms with van der Waals surface area (Å²) in [4.78, 5) is 0. The van der Waals surface area contributed by atoms with Gasteiger partial charge < -0.3 is 10.5 Å². The van der Waals surface area contributed by atoms with Crippen molar-refractivity contribution in [2.75, 3.05) is 7.11 Å². The summed E-state index contributed by atoms with van der Waals surface area (Å²) in [7, 11) is 1.60. The van der Waals surface area contributed by atoms with E-state index in [9.17, 15) is 4.39 Å². The molecule has 0 amide bonds. The van der Waals surface area contributed by atoms with Gasteiger partial charge in [-0.25, -0.2) is 4.39 Å². The van der Waals surface area contributed by atoms with Crippen LogP contribution in [-0.4, -0.2) is 7.11 Å². The van der Waals surface area contributed by atoms with Crippen molar-refractivity contribution in [2.24, 2.45) is 11.7 Å². The molecule has 3 heteroatoms. The van der Waals surface area contributed by atoms with Crippen LogP contribution in [0, 0.1) is 11.7 Å². The van der Waals surface area contributed by atoms with Crippen molar-refractivity contribution in [1.29, 1.82) is 0 Å². The first kappa shape index (κ1) is 12.4. The van der Waals surface area contributed by atoms with E-state index in [4.69, 9.17) is 10.5 Å². The second-order valence-corrected chi connectivity index (χ2v) is 4.88. The van der Waals surface area contributed by atoms with Gasteiger partial charge in [0.05, 0.1) is 7.11 Å². The van der Waals surface area contributed by atoms with E-state index in [0.29, 0.717) is 11.7 Å². The van der Waals surface area contributed by atoms with Gasteiger partial charge in [-0.1, -0.05) is 25.7 Å². The number of benzene rings is 1. The lowest BCUT2D eigenvalue weighted by molar-refractivity contribution is 0.391. The van der Waals surface area contributed by atoms with Crippen LogP contribution in [0.5, 0.6) is 5.75 Å². The molecule has 2 N–H and O–H groups in total. The van der Waals surface area contributed by atoms with Crippen molar-refractivity contribution in [3.8, 4) is 5.75 Å².